The van der Waals surface area contributed by atoms with E-state index < -0.39 is 0 Å². The third-order valence-electron chi connectivity index (χ3n) is 4.82. The molecule has 0 radical (unpaired) electrons. The molecule has 1 saturated carbocycles. The minimum atomic E-state index is -0.383. The maximum Gasteiger partial charge on any atom is 0.170 e. The van der Waals surface area contributed by atoms with Gasteiger partial charge in [0.05, 0.1) is 19.8 Å². The number of rotatable bonds is 1. The molecule has 0 amide bonds. The summed E-state index contributed by atoms with van der Waals surface area (Å²) >= 11 is 0. The van der Waals surface area contributed by atoms with Gasteiger partial charge in [-0.15, -0.1) is 10.2 Å². The second kappa shape index (κ2) is 4.77. The first-order valence-electron chi connectivity index (χ1n) is 7.40. The highest BCUT2D eigenvalue weighted by molar-refractivity contribution is 4.99. The van der Waals surface area contributed by atoms with E-state index in [0.29, 0.717) is 19.3 Å². The highest BCUT2D eigenvalue weighted by Gasteiger charge is 2.46. The van der Waals surface area contributed by atoms with Gasteiger partial charge in [0.1, 0.15) is 12.2 Å². The predicted octanol–water partition coefficient (Wildman–Crippen LogP) is -0.283. The maximum atomic E-state index is 6.36. The Bertz CT molecular complexity index is 485. The van der Waals surface area contributed by atoms with Crippen LogP contribution in [0, 0.1) is 0 Å². The Hall–Kier alpha value is -1.02. The molecule has 1 spiro atoms. The van der Waals surface area contributed by atoms with Gasteiger partial charge >= 0.3 is 0 Å². The molecule has 7 nitrogen and oxygen atoms in total. The van der Waals surface area contributed by atoms with E-state index in [0.717, 1.165) is 44.7 Å². The van der Waals surface area contributed by atoms with Crippen LogP contribution in [-0.4, -0.2) is 57.3 Å². The van der Waals surface area contributed by atoms with E-state index in [4.69, 9.17) is 15.2 Å². The average molecular weight is 279 g/mol. The van der Waals surface area contributed by atoms with Crippen LogP contribution < -0.4 is 5.73 Å². The lowest BCUT2D eigenvalue weighted by molar-refractivity contribution is -0.193. The molecular weight excluding hydrogens is 258 g/mol. The summed E-state index contributed by atoms with van der Waals surface area (Å²) in [7, 11) is 0. The van der Waals surface area contributed by atoms with Gasteiger partial charge in [0.25, 0.3) is 0 Å². The molecule has 1 aromatic rings. The van der Waals surface area contributed by atoms with Crippen molar-refractivity contribution in [3.8, 4) is 0 Å². The first-order valence-corrected chi connectivity index (χ1v) is 7.40. The molecule has 20 heavy (non-hydrogen) atoms. The predicted molar refractivity (Wildman–Crippen MR) is 70.7 cm³/mol. The van der Waals surface area contributed by atoms with Gasteiger partial charge < -0.3 is 19.8 Å². The Kier molecular flexibility index (Phi) is 3.03. The van der Waals surface area contributed by atoms with Crippen LogP contribution in [0.25, 0.3) is 0 Å². The fraction of sp³-hybridized carbons (Fsp3) is 0.846. The highest BCUT2D eigenvalue weighted by Crippen LogP contribution is 2.37. The zero-order valence-corrected chi connectivity index (χ0v) is 11.6. The van der Waals surface area contributed by atoms with Crippen molar-refractivity contribution in [2.75, 3.05) is 19.8 Å². The van der Waals surface area contributed by atoms with Gasteiger partial charge in [-0.1, -0.05) is 0 Å². The number of nitrogens with zero attached hydrogens (tertiary/aromatic N) is 4. The molecule has 0 bridgehead atoms. The third-order valence-corrected chi connectivity index (χ3v) is 4.82. The lowest BCUT2D eigenvalue weighted by atomic mass is 9.85. The maximum absolute atomic E-state index is 6.36. The van der Waals surface area contributed by atoms with E-state index >= 15 is 0 Å². The monoisotopic (exact) mass is 279 g/mol. The van der Waals surface area contributed by atoms with Crippen molar-refractivity contribution >= 4 is 0 Å². The molecule has 1 aromatic heterocycles. The van der Waals surface area contributed by atoms with E-state index in [1.165, 1.54) is 0 Å². The molecule has 2 N–H and O–H groups in total. The summed E-state index contributed by atoms with van der Waals surface area (Å²) in [5.74, 6) is 0.641. The van der Waals surface area contributed by atoms with E-state index in [1.54, 1.807) is 6.33 Å². The van der Waals surface area contributed by atoms with Crippen LogP contribution in [0.2, 0.25) is 0 Å². The lowest BCUT2D eigenvalue weighted by Crippen LogP contribution is -2.57. The van der Waals surface area contributed by atoms with Crippen molar-refractivity contribution in [2.24, 2.45) is 5.73 Å². The molecule has 2 fully saturated rings. The first-order chi connectivity index (χ1) is 9.76. The molecule has 4 rings (SSSR count). The summed E-state index contributed by atoms with van der Waals surface area (Å²) in [6.45, 7) is 4.14. The van der Waals surface area contributed by atoms with Gasteiger partial charge in [0, 0.05) is 38.0 Å². The lowest BCUT2D eigenvalue weighted by Gasteiger charge is -2.45. The van der Waals surface area contributed by atoms with Crippen molar-refractivity contribution in [1.82, 2.24) is 19.7 Å². The Labute approximate surface area is 118 Å². The summed E-state index contributed by atoms with van der Waals surface area (Å²) in [4.78, 5) is 2.42. The van der Waals surface area contributed by atoms with E-state index in [1.807, 2.05) is 0 Å². The number of hydrogen-bond donors (Lipinski definition) is 1. The molecule has 3 heterocycles. The fourth-order valence-corrected chi connectivity index (χ4v) is 3.68. The quantitative estimate of drug-likeness (QED) is 0.761. The molecule has 2 atom stereocenters. The Morgan fingerprint density at radius 2 is 2.15 bits per heavy atom. The largest absolute Gasteiger partial charge is 0.347 e. The Morgan fingerprint density at radius 1 is 1.30 bits per heavy atom. The fourth-order valence-electron chi connectivity index (χ4n) is 3.68. The van der Waals surface area contributed by atoms with E-state index in [-0.39, 0.29) is 11.8 Å². The van der Waals surface area contributed by atoms with Crippen LogP contribution in [0.5, 0.6) is 0 Å². The standard InChI is InChI=1S/C13H21N5O2/c14-10-1-2-13(19-5-6-20-13)7-11(10)17-3-4-18-9-15-16-12(18)8-17/h9-11H,1-8,14H2. The molecule has 1 aliphatic carbocycles. The Balaban J connectivity index is 1.52. The highest BCUT2D eigenvalue weighted by atomic mass is 16.7. The third kappa shape index (κ3) is 2.05. The van der Waals surface area contributed by atoms with E-state index in [2.05, 4.69) is 19.7 Å². The van der Waals surface area contributed by atoms with Crippen LogP contribution in [-0.2, 0) is 22.6 Å². The number of aromatic nitrogens is 3. The van der Waals surface area contributed by atoms with Crippen molar-refractivity contribution in [3.05, 3.63) is 12.2 Å². The van der Waals surface area contributed by atoms with Gasteiger partial charge in [-0.3, -0.25) is 4.90 Å². The molecular formula is C13H21N5O2. The topological polar surface area (TPSA) is 78.4 Å². The summed E-state index contributed by atoms with van der Waals surface area (Å²) in [5.41, 5.74) is 6.36. The molecule has 2 aliphatic heterocycles. The zero-order valence-electron chi connectivity index (χ0n) is 11.6. The number of fused-ring (bicyclic) bond motifs is 1. The van der Waals surface area contributed by atoms with Crippen molar-refractivity contribution < 1.29 is 9.47 Å². The smallest absolute Gasteiger partial charge is 0.170 e. The van der Waals surface area contributed by atoms with Crippen LogP contribution in [0.3, 0.4) is 0 Å². The van der Waals surface area contributed by atoms with Gasteiger partial charge in [-0.05, 0) is 6.42 Å². The van der Waals surface area contributed by atoms with Crippen LogP contribution in [0.15, 0.2) is 6.33 Å². The first kappa shape index (κ1) is 12.7. The molecule has 3 aliphatic rings. The normalized spacial score (nSPS) is 33.5. The SMILES string of the molecule is NC1CCC2(CC1N1CCn3cnnc3C1)OCCO2. The van der Waals surface area contributed by atoms with Gasteiger partial charge in [-0.25, -0.2) is 0 Å². The number of hydrogen-bond acceptors (Lipinski definition) is 6. The van der Waals surface area contributed by atoms with Crippen molar-refractivity contribution in [2.45, 2.75) is 50.2 Å². The average Bonchev–Trinajstić information content (AvgIpc) is 3.10. The summed E-state index contributed by atoms with van der Waals surface area (Å²) in [6, 6.07) is 0.482. The number of ether oxygens (including phenoxy) is 2. The molecule has 110 valence electrons. The Morgan fingerprint density at radius 3 is 3.00 bits per heavy atom. The van der Waals surface area contributed by atoms with Gasteiger partial charge in [0.15, 0.2) is 5.79 Å². The minimum absolute atomic E-state index is 0.183. The second-order valence-corrected chi connectivity index (χ2v) is 5.99. The van der Waals surface area contributed by atoms with Crippen LogP contribution in [0.1, 0.15) is 25.1 Å². The molecule has 1 saturated heterocycles. The summed E-state index contributed by atoms with van der Waals surface area (Å²) < 4.78 is 13.8. The van der Waals surface area contributed by atoms with E-state index in [9.17, 15) is 0 Å². The summed E-state index contributed by atoms with van der Waals surface area (Å²) in [6.07, 6.45) is 4.53. The molecule has 0 aromatic carbocycles. The minimum Gasteiger partial charge on any atom is -0.347 e. The van der Waals surface area contributed by atoms with Crippen LogP contribution >= 0.6 is 0 Å². The second-order valence-electron chi connectivity index (χ2n) is 5.99. The summed E-state index contributed by atoms with van der Waals surface area (Å²) in [5, 5.41) is 8.16. The van der Waals surface area contributed by atoms with Gasteiger partial charge in [-0.2, -0.15) is 0 Å². The van der Waals surface area contributed by atoms with Gasteiger partial charge in [0.2, 0.25) is 0 Å². The number of nitrogens with two attached hydrogens (primary N) is 1. The van der Waals surface area contributed by atoms with Crippen molar-refractivity contribution in [3.63, 3.8) is 0 Å². The zero-order chi connectivity index (χ0) is 13.6. The molecule has 2 unspecified atom stereocenters. The van der Waals surface area contributed by atoms with Crippen molar-refractivity contribution in [1.29, 1.82) is 0 Å². The molecule has 7 heteroatoms. The van der Waals surface area contributed by atoms with Crippen LogP contribution in [0.4, 0.5) is 0 Å².